The van der Waals surface area contributed by atoms with Gasteiger partial charge in [-0.3, -0.25) is 4.79 Å². The van der Waals surface area contributed by atoms with Crippen LogP contribution in [0.25, 0.3) is 88.6 Å². The maximum Gasteiger partial charge on any atom is 0.344 e. The molecular formula is C89H94BrN9O14. The minimum Gasteiger partial charge on any atom is -0.508 e. The number of alkyl halides is 1. The fraction of sp³-hybridized carbons (Fsp3) is 0.292. The average molecular weight is 1590 g/mol. The third-order valence-corrected chi connectivity index (χ3v) is 18.3. The van der Waals surface area contributed by atoms with Gasteiger partial charge in [0.15, 0.2) is 19.8 Å². The molecule has 13 rings (SSSR count). The van der Waals surface area contributed by atoms with Crippen LogP contribution in [0.1, 0.15) is 91.5 Å². The number of phenols is 1. The van der Waals surface area contributed by atoms with E-state index in [4.69, 9.17) is 43.0 Å². The summed E-state index contributed by atoms with van der Waals surface area (Å²) in [7, 11) is 6.50. The van der Waals surface area contributed by atoms with Crippen molar-refractivity contribution in [3.05, 3.63) is 192 Å². The molecule has 3 N–H and O–H groups in total. The zero-order valence-corrected chi connectivity index (χ0v) is 66.3. The van der Waals surface area contributed by atoms with Gasteiger partial charge in [0.1, 0.15) is 75.9 Å². The highest BCUT2D eigenvalue weighted by molar-refractivity contribution is 9.09. The van der Waals surface area contributed by atoms with Crippen LogP contribution in [-0.2, 0) is 45.3 Å². The van der Waals surface area contributed by atoms with Crippen LogP contribution in [0.3, 0.4) is 0 Å². The van der Waals surface area contributed by atoms with Gasteiger partial charge in [-0.1, -0.05) is 30.3 Å². The van der Waals surface area contributed by atoms with E-state index in [0.29, 0.717) is 78.6 Å². The van der Waals surface area contributed by atoms with Crippen LogP contribution in [0.15, 0.2) is 170 Å². The molecule has 1 atom stereocenters. The number of fused-ring (bicyclic) bond motifs is 4. The third kappa shape index (κ3) is 20.0. The fourth-order valence-electron chi connectivity index (χ4n) is 13.4. The molecule has 1 fully saturated rings. The first-order chi connectivity index (χ1) is 54.0. The van der Waals surface area contributed by atoms with Gasteiger partial charge in [0, 0.05) is 90.4 Å². The molecule has 8 aromatic carbocycles. The Morgan fingerprint density at radius 1 is 0.451 bits per heavy atom. The number of amides is 1. The van der Waals surface area contributed by atoms with E-state index in [1.807, 2.05) is 177 Å². The number of hydrogen-bond acceptors (Lipinski definition) is 17. The predicted octanol–water partition coefficient (Wildman–Crippen LogP) is 17.7. The van der Waals surface area contributed by atoms with Crippen molar-refractivity contribution in [2.24, 2.45) is 0 Å². The number of carbonyl (C=O) groups is 3. The van der Waals surface area contributed by atoms with Crippen molar-refractivity contribution in [1.82, 2.24) is 23.2 Å². The van der Waals surface area contributed by atoms with Crippen molar-refractivity contribution in [1.29, 1.82) is 21.0 Å². The van der Waals surface area contributed by atoms with E-state index in [1.165, 1.54) is 0 Å². The summed E-state index contributed by atoms with van der Waals surface area (Å²) in [6.45, 7) is 18.8. The number of carboxylic acid groups (broad SMARTS) is 1. The van der Waals surface area contributed by atoms with Gasteiger partial charge in [0.2, 0.25) is 0 Å². The number of carbonyl (C=O) groups excluding carboxylic acids is 2. The molecule has 23 nitrogen and oxygen atoms in total. The van der Waals surface area contributed by atoms with Crippen molar-refractivity contribution in [2.75, 3.05) is 66.7 Å². The molecule has 1 saturated heterocycles. The molecule has 0 spiro atoms. The number of rotatable bonds is 21. The fourth-order valence-corrected chi connectivity index (χ4v) is 13.4. The first-order valence-electron chi connectivity index (χ1n) is 36.4. The summed E-state index contributed by atoms with van der Waals surface area (Å²) >= 11 is 3.15. The predicted molar refractivity (Wildman–Crippen MR) is 442 cm³/mol. The summed E-state index contributed by atoms with van der Waals surface area (Å²) in [5.41, 5.74) is 12.7. The number of carboxylic acids is 1. The van der Waals surface area contributed by atoms with Crippen molar-refractivity contribution in [2.45, 2.75) is 107 Å². The van der Waals surface area contributed by atoms with Crippen molar-refractivity contribution in [3.63, 3.8) is 0 Å². The Morgan fingerprint density at radius 2 is 0.726 bits per heavy atom. The lowest BCUT2D eigenvalue weighted by Crippen LogP contribution is -2.33. The zero-order valence-electron chi connectivity index (χ0n) is 64.8. The van der Waals surface area contributed by atoms with Gasteiger partial charge in [-0.25, -0.2) is 9.59 Å². The third-order valence-electron chi connectivity index (χ3n) is 18.3. The number of hydrogen-bond donors (Lipinski definition) is 3. The number of aliphatic carboxylic acids is 1. The van der Waals surface area contributed by atoms with E-state index >= 15 is 0 Å². The number of aliphatic hydroxyl groups excluding tert-OH is 1. The highest BCUT2D eigenvalue weighted by Crippen LogP contribution is 2.41. The first-order valence-corrected chi connectivity index (χ1v) is 37.5. The molecule has 24 heteroatoms. The standard InChI is InChI=1S/C24H25N3O4.C24H26N2O4.C20H18N2O4.C18H16N2O2.C2H5Br.CH4/c1-3-27-22-12-19(30-2)8-9-20(22)21(13-25)24(27)16-4-6-18(7-5-16)31-15-23(29)26-11-10-17(28)14-26;1-6-26-21-13-18(28-5)11-12-19(21)20(14-25)23(26)16-7-9-17(10-8-16)29-15-22(27)30-24(2,3)4;1-3-22-18-10-15(25-2)8-9-16(18)17(11-21)20(22)13-4-6-14(7-5-13)26-12-19(23)24;1-3-20-17-10-14(22-2)8-9-15(17)16(11-19)18(20)12-4-6-13(21)7-5-12;1-2-3;/h4-9,12,17,28H,3,10-11,14-15H2,1-2H3;7-13H,6,15H2,1-5H3;4-10H,3,12H2,1-2H3,(H,23,24);4-10,21H,3H2,1-2H3;2H2,1H3;1H4/t17-;;;;;/m0...../s1. The van der Waals surface area contributed by atoms with Gasteiger partial charge in [-0.05, 0) is 223 Å². The van der Waals surface area contributed by atoms with Crippen LogP contribution >= 0.6 is 15.9 Å². The largest absolute Gasteiger partial charge is 0.508 e. The maximum atomic E-state index is 12.2. The van der Waals surface area contributed by atoms with Crippen LogP contribution in [0.5, 0.6) is 46.0 Å². The summed E-state index contributed by atoms with van der Waals surface area (Å²) in [6, 6.07) is 61.0. The molecule has 0 bridgehead atoms. The number of aryl methyl sites for hydroxylation is 4. The SMILES string of the molecule is C.CCBr.CCn1c(-c2ccc(O)cc2)c(C#N)c2ccc(OC)cc21.CCn1c(-c2ccc(OCC(=O)N3CC[C@H](O)C3)cc2)c(C#N)c2ccc(OC)cc21.CCn1c(-c2ccc(OCC(=O)O)cc2)c(C#N)c2ccc(OC)cc21.CCn1c(-c2ccc(OCC(=O)OC(C)(C)C)cc2)c(C#N)c2ccc(OC)cc21. The number of aliphatic hydroxyl groups is 1. The molecule has 4 aromatic heterocycles. The Balaban J connectivity index is 0.000000187. The van der Waals surface area contributed by atoms with Crippen LogP contribution in [-0.4, -0.2) is 135 Å². The van der Waals surface area contributed by atoms with Crippen molar-refractivity contribution in [3.8, 4) is 115 Å². The molecule has 0 saturated carbocycles. The number of benzene rings is 8. The number of nitriles is 4. The number of methoxy groups -OCH3 is 4. The summed E-state index contributed by atoms with van der Waals surface area (Å²) in [4.78, 5) is 36.3. The quantitative estimate of drug-likeness (QED) is 0.0445. The van der Waals surface area contributed by atoms with E-state index < -0.39 is 30.3 Å². The molecule has 5 heterocycles. The lowest BCUT2D eigenvalue weighted by Gasteiger charge is -2.19. The topological polar surface area (TPSA) is 304 Å². The molecule has 0 aliphatic carbocycles. The second-order valence-electron chi connectivity index (χ2n) is 26.4. The van der Waals surface area contributed by atoms with Gasteiger partial charge >= 0.3 is 11.9 Å². The van der Waals surface area contributed by atoms with E-state index in [2.05, 4.69) is 58.5 Å². The summed E-state index contributed by atoms with van der Waals surface area (Å²) in [5.74, 6) is 3.23. The number of halogens is 1. The molecule has 113 heavy (non-hydrogen) atoms. The molecule has 1 aliphatic heterocycles. The number of aromatic hydroxyl groups is 1. The maximum absolute atomic E-state index is 12.2. The van der Waals surface area contributed by atoms with Crippen LogP contribution in [0.4, 0.5) is 0 Å². The van der Waals surface area contributed by atoms with Crippen molar-refractivity contribution < 1.29 is 67.6 Å². The second kappa shape index (κ2) is 39.7. The molecular weight excluding hydrogens is 1500 g/mol. The number of esters is 1. The number of ether oxygens (including phenoxy) is 8. The first kappa shape index (κ1) is 85.7. The summed E-state index contributed by atoms with van der Waals surface area (Å²) in [5, 5.41) is 71.4. The molecule has 0 radical (unpaired) electrons. The number of phenolic OH excluding ortho intramolecular Hbond substituents is 1. The lowest BCUT2D eigenvalue weighted by molar-refractivity contribution is -0.157. The monoisotopic (exact) mass is 1590 g/mol. The molecule has 1 aliphatic rings. The highest BCUT2D eigenvalue weighted by atomic mass is 79.9. The Labute approximate surface area is 666 Å². The second-order valence-corrected chi connectivity index (χ2v) is 27.5. The highest BCUT2D eigenvalue weighted by Gasteiger charge is 2.27. The van der Waals surface area contributed by atoms with Gasteiger partial charge in [0.25, 0.3) is 5.91 Å². The van der Waals surface area contributed by atoms with E-state index in [1.54, 1.807) is 81.9 Å². The van der Waals surface area contributed by atoms with Gasteiger partial charge in [-0.15, -0.1) is 0 Å². The summed E-state index contributed by atoms with van der Waals surface area (Å²) in [6.07, 6.45) is 0.168. The van der Waals surface area contributed by atoms with Gasteiger partial charge < -0.3 is 76.4 Å². The average Bonchev–Trinajstić information content (AvgIpc) is 1.63. The molecule has 0 unspecified atom stereocenters. The van der Waals surface area contributed by atoms with Gasteiger partial charge in [0.05, 0.1) is 102 Å². The van der Waals surface area contributed by atoms with E-state index in [0.717, 1.165) is 124 Å². The molecule has 586 valence electrons. The smallest absolute Gasteiger partial charge is 0.344 e. The van der Waals surface area contributed by atoms with Crippen LogP contribution < -0.4 is 33.2 Å². The van der Waals surface area contributed by atoms with Gasteiger partial charge in [-0.2, -0.15) is 21.0 Å². The Kier molecular flexibility index (Phi) is 30.1. The molecule has 1 amide bonds. The minimum absolute atomic E-state index is 0. The van der Waals surface area contributed by atoms with Crippen LogP contribution in [0.2, 0.25) is 0 Å². The Morgan fingerprint density at radius 3 is 0.973 bits per heavy atom. The van der Waals surface area contributed by atoms with Crippen molar-refractivity contribution >= 4 is 77.4 Å². The number of nitrogens with zero attached hydrogens (tertiary/aromatic N) is 9. The Hall–Kier alpha value is -12.9. The van der Waals surface area contributed by atoms with Crippen LogP contribution in [0, 0.1) is 45.3 Å². The van der Waals surface area contributed by atoms with E-state index in [-0.39, 0.29) is 32.3 Å². The normalized spacial score (nSPS) is 11.9. The van der Waals surface area contributed by atoms with E-state index in [9.17, 15) is 45.6 Å². The number of aromatic nitrogens is 4. The zero-order chi connectivity index (χ0) is 80.9. The number of likely N-dealkylation sites (tertiary alicyclic amines) is 1. The minimum atomic E-state index is -1.03. The molecule has 12 aromatic rings. The lowest BCUT2D eigenvalue weighted by atomic mass is 10.1. The Bertz CT molecular complexity index is 5490. The summed E-state index contributed by atoms with van der Waals surface area (Å²) < 4.78 is 51.3. The number of β-amino-alcohol motifs (C(OH)–C–C–N with tert-alkyl or cyclic N) is 1.